The zero-order valence-electron chi connectivity index (χ0n) is 22.6. The van der Waals surface area contributed by atoms with Gasteiger partial charge in [-0.1, -0.05) is 25.1 Å². The fraction of sp³-hybridized carbons (Fsp3) is 0.333. The first-order valence-corrected chi connectivity index (χ1v) is 13.5. The highest BCUT2D eigenvalue weighted by molar-refractivity contribution is 5.80. The zero-order valence-corrected chi connectivity index (χ0v) is 22.6. The number of benzene rings is 2. The molecule has 9 nitrogen and oxygen atoms in total. The average Bonchev–Trinajstić information content (AvgIpc) is 3.64. The van der Waals surface area contributed by atoms with Gasteiger partial charge < -0.3 is 14.3 Å². The van der Waals surface area contributed by atoms with Crippen LogP contribution in [0.15, 0.2) is 70.1 Å². The summed E-state index contributed by atoms with van der Waals surface area (Å²) >= 11 is 0. The van der Waals surface area contributed by atoms with Gasteiger partial charge in [0.05, 0.1) is 6.26 Å². The fourth-order valence-electron chi connectivity index (χ4n) is 5.56. The van der Waals surface area contributed by atoms with Crippen molar-refractivity contribution >= 4 is 16.6 Å². The van der Waals surface area contributed by atoms with Crippen LogP contribution in [0.2, 0.25) is 0 Å². The summed E-state index contributed by atoms with van der Waals surface area (Å²) in [5.74, 6) is 1.38. The van der Waals surface area contributed by atoms with Crippen molar-refractivity contribution in [1.29, 1.82) is 0 Å². The number of nitrogens with zero attached hydrogens (tertiary/aromatic N) is 6. The highest BCUT2D eigenvalue weighted by Gasteiger charge is 2.33. The number of nitrogens with one attached hydrogen (secondary N) is 1. The van der Waals surface area contributed by atoms with Crippen molar-refractivity contribution in [3.05, 3.63) is 105 Å². The second kappa shape index (κ2) is 10.5. The molecule has 0 bridgehead atoms. The van der Waals surface area contributed by atoms with Gasteiger partial charge in [-0.3, -0.25) is 9.69 Å². The summed E-state index contributed by atoms with van der Waals surface area (Å²) in [5.41, 5.74) is 6.44. The molecular formula is C30H33N7O2. The van der Waals surface area contributed by atoms with E-state index in [0.717, 1.165) is 49.3 Å². The summed E-state index contributed by atoms with van der Waals surface area (Å²) < 4.78 is 7.32. The normalized spacial score (nSPS) is 15.2. The van der Waals surface area contributed by atoms with E-state index in [1.165, 1.54) is 22.4 Å². The van der Waals surface area contributed by atoms with Crippen molar-refractivity contribution in [1.82, 2.24) is 30.1 Å². The van der Waals surface area contributed by atoms with Gasteiger partial charge in [-0.05, 0) is 89.2 Å². The van der Waals surface area contributed by atoms with Crippen LogP contribution < -0.4 is 10.5 Å². The number of aryl methyl sites for hydroxylation is 2. The van der Waals surface area contributed by atoms with Gasteiger partial charge in [-0.2, -0.15) is 0 Å². The highest BCUT2D eigenvalue weighted by atomic mass is 16.3. The van der Waals surface area contributed by atoms with Crippen LogP contribution in [-0.2, 0) is 13.0 Å². The molecule has 3 aromatic heterocycles. The van der Waals surface area contributed by atoms with Gasteiger partial charge in [0.25, 0.3) is 5.56 Å². The molecule has 0 aliphatic carbocycles. The van der Waals surface area contributed by atoms with Crippen molar-refractivity contribution in [3.63, 3.8) is 0 Å². The number of hydrogen-bond acceptors (Lipinski definition) is 7. The molecule has 0 saturated carbocycles. The number of fused-ring (bicyclic) bond motifs is 1. The molecule has 1 N–H and O–H groups in total. The number of pyridine rings is 1. The lowest BCUT2D eigenvalue weighted by Crippen LogP contribution is -2.49. The van der Waals surface area contributed by atoms with Crippen LogP contribution in [0, 0.1) is 13.8 Å². The molecule has 1 aliphatic heterocycles. The Kier molecular flexibility index (Phi) is 6.74. The highest BCUT2D eigenvalue weighted by Crippen LogP contribution is 2.30. The van der Waals surface area contributed by atoms with E-state index in [9.17, 15) is 4.79 Å². The number of furan rings is 1. The van der Waals surface area contributed by atoms with E-state index in [-0.39, 0.29) is 5.56 Å². The van der Waals surface area contributed by atoms with Gasteiger partial charge in [0.2, 0.25) is 0 Å². The summed E-state index contributed by atoms with van der Waals surface area (Å²) in [5, 5.41) is 13.8. The molecule has 1 atom stereocenters. The maximum absolute atomic E-state index is 13.6. The zero-order chi connectivity index (χ0) is 26.9. The lowest BCUT2D eigenvalue weighted by molar-refractivity contribution is 0.200. The lowest BCUT2D eigenvalue weighted by Gasteiger charge is -2.40. The second-order valence-electron chi connectivity index (χ2n) is 10.2. The van der Waals surface area contributed by atoms with Crippen molar-refractivity contribution in [2.45, 2.75) is 39.8 Å². The summed E-state index contributed by atoms with van der Waals surface area (Å²) in [4.78, 5) is 21.4. The third kappa shape index (κ3) is 4.85. The summed E-state index contributed by atoms with van der Waals surface area (Å²) in [7, 11) is 0. The molecule has 0 spiro atoms. The van der Waals surface area contributed by atoms with Crippen LogP contribution in [0.4, 0.5) is 5.69 Å². The van der Waals surface area contributed by atoms with Gasteiger partial charge in [-0.25, -0.2) is 4.68 Å². The molecule has 6 rings (SSSR count). The second-order valence-corrected chi connectivity index (χ2v) is 10.2. The topological polar surface area (TPSA) is 96.1 Å². The van der Waals surface area contributed by atoms with Crippen molar-refractivity contribution in [3.8, 4) is 0 Å². The molecule has 1 fully saturated rings. The quantitative estimate of drug-likeness (QED) is 0.341. The average molecular weight is 524 g/mol. The Morgan fingerprint density at radius 3 is 2.64 bits per heavy atom. The Morgan fingerprint density at radius 1 is 1.03 bits per heavy atom. The minimum Gasteiger partial charge on any atom is -0.467 e. The molecule has 0 radical (unpaired) electrons. The first-order chi connectivity index (χ1) is 19.0. The number of H-pyrrole nitrogens is 1. The largest absolute Gasteiger partial charge is 0.467 e. The van der Waals surface area contributed by atoms with E-state index in [2.05, 4.69) is 81.4 Å². The predicted octanol–water partition coefficient (Wildman–Crippen LogP) is 4.25. The first kappa shape index (κ1) is 25.1. The number of piperazine rings is 1. The number of tetrazole rings is 1. The maximum atomic E-state index is 13.6. The van der Waals surface area contributed by atoms with Crippen LogP contribution in [0.25, 0.3) is 10.9 Å². The van der Waals surface area contributed by atoms with Crippen LogP contribution in [0.1, 0.15) is 46.8 Å². The van der Waals surface area contributed by atoms with Crippen LogP contribution >= 0.6 is 0 Å². The molecule has 4 heterocycles. The summed E-state index contributed by atoms with van der Waals surface area (Å²) in [6.07, 6.45) is 2.57. The lowest BCUT2D eigenvalue weighted by atomic mass is 10.0. The number of aromatic amines is 1. The summed E-state index contributed by atoms with van der Waals surface area (Å²) in [6, 6.07) is 18.0. The van der Waals surface area contributed by atoms with Gasteiger partial charge in [0.1, 0.15) is 18.3 Å². The molecule has 5 aromatic rings. The Morgan fingerprint density at radius 2 is 1.87 bits per heavy atom. The van der Waals surface area contributed by atoms with E-state index < -0.39 is 6.04 Å². The summed E-state index contributed by atoms with van der Waals surface area (Å²) in [6.45, 7) is 10.1. The van der Waals surface area contributed by atoms with E-state index in [1.807, 2.05) is 24.3 Å². The van der Waals surface area contributed by atoms with E-state index in [4.69, 9.17) is 4.42 Å². The Labute approximate surface area is 227 Å². The monoisotopic (exact) mass is 523 g/mol. The van der Waals surface area contributed by atoms with Crippen molar-refractivity contribution < 1.29 is 4.42 Å². The third-order valence-corrected chi connectivity index (χ3v) is 7.93. The Bertz CT molecular complexity index is 1650. The van der Waals surface area contributed by atoms with Gasteiger partial charge in [0.15, 0.2) is 5.82 Å². The minimum atomic E-state index is -0.408. The van der Waals surface area contributed by atoms with Crippen LogP contribution in [-0.4, -0.2) is 56.3 Å². The van der Waals surface area contributed by atoms with Crippen molar-refractivity contribution in [2.24, 2.45) is 0 Å². The first-order valence-electron chi connectivity index (χ1n) is 13.5. The van der Waals surface area contributed by atoms with Crippen molar-refractivity contribution in [2.75, 3.05) is 31.1 Å². The van der Waals surface area contributed by atoms with E-state index >= 15 is 0 Å². The molecule has 1 saturated heterocycles. The standard InChI is InChI=1S/C30H33N7O2/c1-4-22-10-11-26-23(17-22)18-25(30(38)31-26)28(29-32-33-34-37(29)19-24-8-6-16-39-24)36-14-12-35(13-15-36)27-9-5-7-20(2)21(27)3/h5-11,16-18,28H,4,12-15,19H2,1-3H3,(H,31,38). The Hall–Kier alpha value is -4.24. The third-order valence-electron chi connectivity index (χ3n) is 7.93. The van der Waals surface area contributed by atoms with Crippen LogP contribution in [0.3, 0.4) is 0 Å². The molecular weight excluding hydrogens is 490 g/mol. The number of hydrogen-bond donors (Lipinski definition) is 1. The van der Waals surface area contributed by atoms with E-state index in [1.54, 1.807) is 10.9 Å². The fourth-order valence-corrected chi connectivity index (χ4v) is 5.56. The van der Waals surface area contributed by atoms with E-state index in [0.29, 0.717) is 17.9 Å². The predicted molar refractivity (Wildman–Crippen MR) is 151 cm³/mol. The van der Waals surface area contributed by atoms with Crippen LogP contribution in [0.5, 0.6) is 0 Å². The smallest absolute Gasteiger partial charge is 0.253 e. The molecule has 1 unspecified atom stereocenters. The number of aromatic nitrogens is 5. The molecule has 2 aromatic carbocycles. The number of rotatable bonds is 7. The molecule has 39 heavy (non-hydrogen) atoms. The molecule has 9 heteroatoms. The Balaban J connectivity index is 1.39. The molecule has 200 valence electrons. The maximum Gasteiger partial charge on any atom is 0.253 e. The molecule has 0 amide bonds. The minimum absolute atomic E-state index is 0.124. The van der Waals surface area contributed by atoms with Gasteiger partial charge in [0, 0.05) is 42.9 Å². The van der Waals surface area contributed by atoms with Gasteiger partial charge >= 0.3 is 0 Å². The molecule has 1 aliphatic rings. The van der Waals surface area contributed by atoms with Gasteiger partial charge in [-0.15, -0.1) is 5.10 Å². The number of anilines is 1. The SMILES string of the molecule is CCc1ccc2[nH]c(=O)c(C(c3nnnn3Cc3ccco3)N3CCN(c4cccc(C)c4C)CC3)cc2c1.